The van der Waals surface area contributed by atoms with Gasteiger partial charge in [-0.2, -0.15) is 0 Å². The Kier molecular flexibility index (Phi) is 36.1. The lowest BCUT2D eigenvalue weighted by molar-refractivity contribution is 0.593. The molecule has 12 rings (SSSR count). The zero-order valence-corrected chi connectivity index (χ0v) is 79.1. The molecule has 0 aliphatic heterocycles. The van der Waals surface area contributed by atoms with Crippen LogP contribution in [0.25, 0.3) is 0 Å². The summed E-state index contributed by atoms with van der Waals surface area (Å²) in [5.74, 6) is 9.06. The fourth-order valence-electron chi connectivity index (χ4n) is 12.5. The fraction of sp³-hybridized carbons (Fsp3) is 0.372. The molecule has 35 heteroatoms. The third-order valence-electron chi connectivity index (χ3n) is 19.0. The van der Waals surface area contributed by atoms with Crippen LogP contribution in [0.15, 0.2) is 130 Å². The second-order valence-corrected chi connectivity index (χ2v) is 37.4. The first-order valence-corrected chi connectivity index (χ1v) is 45.8. The Bertz CT molecular complexity index is 5440. The number of hydrogen-bond acceptors (Lipinski definition) is 29. The van der Waals surface area contributed by atoms with E-state index in [4.69, 9.17) is 51.1 Å². The van der Waals surface area contributed by atoms with Gasteiger partial charge in [0.1, 0.15) is 83.3 Å². The summed E-state index contributed by atoms with van der Waals surface area (Å²) in [6.45, 7) is 36.2. The number of sulfonamides is 1. The molecule has 29 nitrogen and oxygen atoms in total. The summed E-state index contributed by atoms with van der Waals surface area (Å²) < 4.78 is 48.3. The monoisotopic (exact) mass is 1890 g/mol. The van der Waals surface area contributed by atoms with Gasteiger partial charge in [-0.15, -0.1) is 11.8 Å². The quantitative estimate of drug-likeness (QED) is 0.0199. The molecule has 0 amide bonds. The van der Waals surface area contributed by atoms with Crippen molar-refractivity contribution in [3.63, 3.8) is 0 Å². The van der Waals surface area contributed by atoms with Crippen molar-refractivity contribution in [2.45, 2.75) is 214 Å². The van der Waals surface area contributed by atoms with E-state index in [0.29, 0.717) is 118 Å². The first kappa shape index (κ1) is 98.0. The van der Waals surface area contributed by atoms with Gasteiger partial charge in [0, 0.05) is 153 Å². The second-order valence-electron chi connectivity index (χ2n) is 30.8. The summed E-state index contributed by atoms with van der Waals surface area (Å²) in [6, 6.07) is 11.3. The lowest BCUT2D eigenvalue weighted by Gasteiger charge is -2.14. The Balaban J connectivity index is 0.000000200. The molecule has 642 valence electrons. The van der Waals surface area contributed by atoms with Gasteiger partial charge in [-0.25, -0.2) is 107 Å². The number of nitrogens with zero attached hydrogens (tertiary/aromatic N) is 18. The topological polar surface area (TPSA) is 482 Å². The first-order chi connectivity index (χ1) is 56.8. The van der Waals surface area contributed by atoms with Crippen molar-refractivity contribution in [2.24, 2.45) is 5.14 Å². The van der Waals surface area contributed by atoms with E-state index in [-0.39, 0.29) is 21.9 Å². The number of sulfone groups is 1. The van der Waals surface area contributed by atoms with Gasteiger partial charge in [0.05, 0.1) is 5.03 Å². The number of pyridine rings is 6. The molecule has 0 atom stereocenters. The van der Waals surface area contributed by atoms with Crippen LogP contribution < -0.4 is 39.5 Å². The molecule has 0 unspecified atom stereocenters. The molecule has 0 saturated carbocycles. The van der Waals surface area contributed by atoms with Crippen molar-refractivity contribution in [1.82, 2.24) is 89.7 Å². The van der Waals surface area contributed by atoms with E-state index in [2.05, 4.69) is 196 Å². The third kappa shape index (κ3) is 29.6. The minimum absolute atomic E-state index is 0.0681. The molecule has 12 heterocycles. The predicted molar refractivity (Wildman–Crippen MR) is 496 cm³/mol. The third-order valence-corrected chi connectivity index (χ3v) is 22.6. The molecule has 0 radical (unpaired) electrons. The summed E-state index contributed by atoms with van der Waals surface area (Å²) in [5.41, 5.74) is 54.3. The van der Waals surface area contributed by atoms with Gasteiger partial charge in [0.25, 0.3) is 10.0 Å². The minimum atomic E-state index is -3.85. The highest BCUT2D eigenvalue weighted by Crippen LogP contribution is 2.32. The van der Waals surface area contributed by atoms with Crippen molar-refractivity contribution < 1.29 is 16.8 Å². The molecule has 0 saturated heterocycles. The van der Waals surface area contributed by atoms with Crippen molar-refractivity contribution in [1.29, 1.82) is 0 Å². The zero-order valence-electron chi connectivity index (χ0n) is 72.2. The van der Waals surface area contributed by atoms with Crippen LogP contribution in [0.5, 0.6) is 0 Å². The zero-order chi connectivity index (χ0) is 89.7. The Morgan fingerprint density at radius 3 is 0.876 bits per heavy atom. The van der Waals surface area contributed by atoms with Gasteiger partial charge in [-0.05, 0) is 225 Å². The van der Waals surface area contributed by atoms with E-state index in [9.17, 15) is 16.8 Å². The van der Waals surface area contributed by atoms with Gasteiger partial charge < -0.3 is 34.4 Å². The summed E-state index contributed by atoms with van der Waals surface area (Å²) in [4.78, 5) is 75.5. The molecule has 121 heavy (non-hydrogen) atoms. The molecule has 14 N–H and O–H groups in total. The maximum Gasteiger partial charge on any atom is 0.255 e. The SMILES string of the molecule is CSc1cc(Cc2cnc(C)nc2N)c(C(C)C)cn1.Cc1ncc(Cc2cc(Br)ncc2C(C)C)c(N)n1.Cc1ncc(Cc2cc(Cl)ncc2C(C)C)c(N)n1.Cc1ncc(Cc2cc(I)ncc2C(C)C)c(N)n1.Cc1ncc(Cc2cc(S(C)(=O)=O)ncc2C(C)C)c(N)n1.Cc1ncc(Cc2cc(S(N)(=O)=O)ncc2C(C)C)c(N)n1. The minimum Gasteiger partial charge on any atom is -0.383 e. The number of rotatable bonds is 21. The predicted octanol–water partition coefficient (Wildman–Crippen LogP) is 15.7. The largest absolute Gasteiger partial charge is 0.383 e. The molecule has 0 spiro atoms. The Hall–Kier alpha value is -10.1. The molecule has 0 bridgehead atoms. The number of hydrogen-bond donors (Lipinski definition) is 7. The maximum atomic E-state index is 11.7. The van der Waals surface area contributed by atoms with Gasteiger partial charge in [0.2, 0.25) is 0 Å². The molecule has 0 aromatic carbocycles. The standard InChI is InChI=1S/C15H20N4O2S.C15H20N4S.C14H17BrN4.C14H17ClN4.C14H17IN4.C14H19N5O2S/c1-9(2)13-8-18-14(22(4,20)21)6-11(13)5-12-7-17-10(3)19-15(12)16;1-9(2)13-8-18-14(20-4)6-11(13)5-12-7-17-10(3)19-15(12)16;3*1-8(2)12-7-18-13(15)5-10(12)4-11-6-17-9(3)19-14(11)16;1-8(2)12-7-18-13(22(16,20)21)5-10(12)4-11-6-17-9(3)19-14(11)15/h6-9H,5H2,1-4H3,(H2,16,17,19);6-9H,5H2,1-4H3,(H2,16,17,19);3*5-8H,4H2,1-3H3,(H2,16,17,19);5-8H,4H2,1-3H3,(H2,15,17,19)(H2,16,20,21). The van der Waals surface area contributed by atoms with Crippen LogP contribution in [0.1, 0.15) is 254 Å². The first-order valence-electron chi connectivity index (χ1n) is 38.9. The van der Waals surface area contributed by atoms with Crippen LogP contribution in [0, 0.1) is 45.2 Å². The number of primary sulfonamides is 1. The Morgan fingerprint density at radius 2 is 0.587 bits per heavy atom. The molecule has 12 aromatic heterocycles. The van der Waals surface area contributed by atoms with Crippen LogP contribution in [0.3, 0.4) is 0 Å². The Labute approximate surface area is 742 Å². The number of nitrogen functional groups attached to an aromatic ring is 6. The maximum absolute atomic E-state index is 11.7. The summed E-state index contributed by atoms with van der Waals surface area (Å²) in [7, 11) is -7.20. The highest BCUT2D eigenvalue weighted by Gasteiger charge is 2.22. The van der Waals surface area contributed by atoms with Crippen LogP contribution in [-0.4, -0.2) is 119 Å². The van der Waals surface area contributed by atoms with Crippen molar-refractivity contribution in [2.75, 3.05) is 46.9 Å². The molecule has 0 fully saturated rings. The second kappa shape index (κ2) is 44.6. The molecule has 0 aliphatic carbocycles. The van der Waals surface area contributed by atoms with Crippen LogP contribution in [-0.2, 0) is 58.4 Å². The van der Waals surface area contributed by atoms with E-state index >= 15 is 0 Å². The van der Waals surface area contributed by atoms with E-state index in [1.165, 1.54) is 45.0 Å². The summed E-state index contributed by atoms with van der Waals surface area (Å²) in [6.07, 6.45) is 28.3. The highest BCUT2D eigenvalue weighted by molar-refractivity contribution is 14.1. The van der Waals surface area contributed by atoms with E-state index in [1.807, 2.05) is 111 Å². The average molecular weight is 1900 g/mol. The van der Waals surface area contributed by atoms with E-state index in [1.54, 1.807) is 68.9 Å². The fourth-order valence-corrected chi connectivity index (χ4v) is 15.1. The summed E-state index contributed by atoms with van der Waals surface area (Å²) in [5, 5.41) is 6.58. The molecule has 0 aliphatic rings. The van der Waals surface area contributed by atoms with Gasteiger partial charge >= 0.3 is 0 Å². The lowest BCUT2D eigenvalue weighted by Crippen LogP contribution is -2.15. The van der Waals surface area contributed by atoms with Crippen molar-refractivity contribution >= 4 is 117 Å². The molecular formula is C86H110BrClIN25O4S3. The van der Waals surface area contributed by atoms with Crippen molar-refractivity contribution in [3.05, 3.63) is 259 Å². The number of nitrogens with two attached hydrogens (primary N) is 7. The Morgan fingerprint density at radius 1 is 0.339 bits per heavy atom. The van der Waals surface area contributed by atoms with Gasteiger partial charge in [-0.3, -0.25) is 4.98 Å². The average Bonchev–Trinajstić information content (AvgIpc) is 0.804. The molecule has 12 aromatic rings. The van der Waals surface area contributed by atoms with Crippen molar-refractivity contribution in [3.8, 4) is 0 Å². The van der Waals surface area contributed by atoms with Crippen LogP contribution >= 0.6 is 61.9 Å². The number of aromatic nitrogens is 18. The normalized spacial score (nSPS) is 11.3. The summed E-state index contributed by atoms with van der Waals surface area (Å²) >= 11 is 13.3. The smallest absolute Gasteiger partial charge is 0.255 e. The van der Waals surface area contributed by atoms with Gasteiger partial charge in [0.15, 0.2) is 19.9 Å². The molecular weight excluding hydrogens is 1790 g/mol. The number of halogens is 3. The highest BCUT2D eigenvalue weighted by atomic mass is 127. The van der Waals surface area contributed by atoms with E-state index in [0.717, 1.165) is 100 Å². The number of aryl methyl sites for hydroxylation is 6. The van der Waals surface area contributed by atoms with Crippen LogP contribution in [0.4, 0.5) is 34.9 Å². The number of anilines is 6. The van der Waals surface area contributed by atoms with Crippen LogP contribution in [0.2, 0.25) is 5.15 Å². The van der Waals surface area contributed by atoms with E-state index < -0.39 is 19.9 Å². The van der Waals surface area contributed by atoms with Gasteiger partial charge in [-0.1, -0.05) is 94.7 Å². The lowest BCUT2D eigenvalue weighted by atomic mass is 9.95. The number of thioether (sulfide) groups is 1.